The van der Waals surface area contributed by atoms with E-state index < -0.39 is 6.10 Å². The number of carbonyl (C=O) groups excluding carboxylic acids is 1. The summed E-state index contributed by atoms with van der Waals surface area (Å²) in [6.07, 6.45) is 0.356. The van der Waals surface area contributed by atoms with Crippen molar-refractivity contribution in [3.63, 3.8) is 0 Å². The van der Waals surface area contributed by atoms with Gasteiger partial charge in [0.25, 0.3) is 5.91 Å². The van der Waals surface area contributed by atoms with Crippen LogP contribution in [-0.4, -0.2) is 44.2 Å². The molecule has 0 aliphatic heterocycles. The van der Waals surface area contributed by atoms with Gasteiger partial charge in [0.1, 0.15) is 6.10 Å². The Morgan fingerprint density at radius 2 is 2.44 bits per heavy atom. The maximum Gasteiger partial charge on any atom is 0.252 e. The van der Waals surface area contributed by atoms with Gasteiger partial charge in [-0.25, -0.2) is 0 Å². The Morgan fingerprint density at radius 3 is 2.94 bits per heavy atom. The maximum absolute atomic E-state index is 11.8. The van der Waals surface area contributed by atoms with E-state index >= 15 is 0 Å². The number of ether oxygens (including phenoxy) is 1. The van der Waals surface area contributed by atoms with Crippen molar-refractivity contribution in [3.05, 3.63) is 22.4 Å². The van der Waals surface area contributed by atoms with Crippen LogP contribution in [0.15, 0.2) is 17.5 Å². The predicted octanol–water partition coefficient (Wildman–Crippen LogP) is 0.723. The molecule has 1 heterocycles. The van der Waals surface area contributed by atoms with E-state index in [9.17, 15) is 4.79 Å². The van der Waals surface area contributed by atoms with E-state index in [2.05, 4.69) is 6.07 Å². The van der Waals surface area contributed by atoms with Crippen molar-refractivity contribution < 1.29 is 9.53 Å². The van der Waals surface area contributed by atoms with E-state index in [1.165, 1.54) is 12.0 Å². The molecule has 5 heteroatoms. The monoisotopic (exact) mass is 242 g/mol. The molecule has 2 N–H and O–H groups in total. The van der Waals surface area contributed by atoms with Crippen LogP contribution in [0.4, 0.5) is 0 Å². The van der Waals surface area contributed by atoms with Gasteiger partial charge in [-0.15, -0.1) is 11.3 Å². The highest BCUT2D eigenvalue weighted by molar-refractivity contribution is 7.09. The first-order valence-corrected chi connectivity index (χ1v) is 6.07. The van der Waals surface area contributed by atoms with Gasteiger partial charge in [0.15, 0.2) is 0 Å². The zero-order valence-corrected chi connectivity index (χ0v) is 10.5. The van der Waals surface area contributed by atoms with Crippen molar-refractivity contribution in [1.29, 1.82) is 0 Å². The molecule has 1 unspecified atom stereocenters. The van der Waals surface area contributed by atoms with E-state index in [0.717, 1.165) is 6.42 Å². The van der Waals surface area contributed by atoms with E-state index in [1.54, 1.807) is 23.3 Å². The number of thiophene rings is 1. The summed E-state index contributed by atoms with van der Waals surface area (Å²) < 4.78 is 5.01. The first-order valence-electron chi connectivity index (χ1n) is 5.19. The predicted molar refractivity (Wildman–Crippen MR) is 65.5 cm³/mol. The first kappa shape index (κ1) is 13.2. The number of nitrogens with zero attached hydrogens (tertiary/aromatic N) is 1. The summed E-state index contributed by atoms with van der Waals surface area (Å²) in [5, 5.41) is 2.04. The van der Waals surface area contributed by atoms with E-state index in [4.69, 9.17) is 10.5 Å². The molecule has 1 rings (SSSR count). The van der Waals surface area contributed by atoms with Crippen LogP contribution < -0.4 is 5.73 Å². The van der Waals surface area contributed by atoms with Crippen LogP contribution >= 0.6 is 11.3 Å². The van der Waals surface area contributed by atoms with Crippen molar-refractivity contribution in [2.75, 3.05) is 27.2 Å². The number of nitrogens with two attached hydrogens (primary N) is 1. The molecule has 90 valence electrons. The molecule has 0 spiro atoms. The molecule has 0 aliphatic rings. The topological polar surface area (TPSA) is 55.6 Å². The number of hydrogen-bond donors (Lipinski definition) is 1. The van der Waals surface area contributed by atoms with E-state index in [0.29, 0.717) is 6.54 Å². The standard InChI is InChI=1S/C11H18N2O2S/c1-13(11(14)10(8-12)15-2)6-5-9-4-3-7-16-9/h3-4,7,10H,5-6,8,12H2,1-2H3. The summed E-state index contributed by atoms with van der Waals surface area (Å²) in [4.78, 5) is 14.7. The van der Waals surface area contributed by atoms with Crippen LogP contribution in [0.3, 0.4) is 0 Å². The zero-order chi connectivity index (χ0) is 12.0. The highest BCUT2D eigenvalue weighted by Gasteiger charge is 2.19. The molecule has 0 fully saturated rings. The second kappa shape index (κ2) is 6.62. The summed E-state index contributed by atoms with van der Waals surface area (Å²) in [6, 6.07) is 4.08. The fourth-order valence-corrected chi connectivity index (χ4v) is 2.08. The van der Waals surface area contributed by atoms with Gasteiger partial charge in [-0.05, 0) is 17.9 Å². The van der Waals surface area contributed by atoms with Gasteiger partial charge in [-0.2, -0.15) is 0 Å². The van der Waals surface area contributed by atoms with Crippen molar-refractivity contribution in [3.8, 4) is 0 Å². The SMILES string of the molecule is COC(CN)C(=O)N(C)CCc1cccs1. The Bertz CT molecular complexity index is 310. The average Bonchev–Trinajstić information content (AvgIpc) is 2.80. The molecule has 1 aromatic heterocycles. The van der Waals surface area contributed by atoms with Gasteiger partial charge in [0, 0.05) is 32.1 Å². The Kier molecular flexibility index (Phi) is 5.45. The second-order valence-corrected chi connectivity index (χ2v) is 4.58. The molecule has 0 bridgehead atoms. The number of rotatable bonds is 6. The van der Waals surface area contributed by atoms with Crippen LogP contribution in [0.2, 0.25) is 0 Å². The largest absolute Gasteiger partial charge is 0.370 e. The molecule has 0 saturated heterocycles. The molecule has 0 aromatic carbocycles. The molecule has 16 heavy (non-hydrogen) atoms. The second-order valence-electron chi connectivity index (χ2n) is 3.55. The summed E-state index contributed by atoms with van der Waals surface area (Å²) in [7, 11) is 3.28. The van der Waals surface area contributed by atoms with Crippen molar-refractivity contribution in [1.82, 2.24) is 4.90 Å². The Morgan fingerprint density at radius 1 is 1.69 bits per heavy atom. The normalized spacial score (nSPS) is 12.4. The maximum atomic E-state index is 11.8. The summed E-state index contributed by atoms with van der Waals surface area (Å²) in [6.45, 7) is 0.915. The molecular weight excluding hydrogens is 224 g/mol. The zero-order valence-electron chi connectivity index (χ0n) is 9.68. The number of hydrogen-bond acceptors (Lipinski definition) is 4. The molecule has 1 amide bonds. The van der Waals surface area contributed by atoms with Crippen LogP contribution in [0.25, 0.3) is 0 Å². The van der Waals surface area contributed by atoms with Gasteiger partial charge in [-0.1, -0.05) is 6.07 Å². The first-order chi connectivity index (χ1) is 7.69. The van der Waals surface area contributed by atoms with Gasteiger partial charge in [-0.3, -0.25) is 4.79 Å². The number of amides is 1. The third-order valence-electron chi connectivity index (χ3n) is 2.42. The quantitative estimate of drug-likeness (QED) is 0.800. The lowest BCUT2D eigenvalue weighted by molar-refractivity contribution is -0.139. The third kappa shape index (κ3) is 3.59. The lowest BCUT2D eigenvalue weighted by Crippen LogP contribution is -2.42. The van der Waals surface area contributed by atoms with Gasteiger partial charge in [0.05, 0.1) is 0 Å². The smallest absolute Gasteiger partial charge is 0.252 e. The van der Waals surface area contributed by atoms with E-state index in [1.807, 2.05) is 11.4 Å². The van der Waals surface area contributed by atoms with Crippen LogP contribution in [0.5, 0.6) is 0 Å². The molecule has 1 atom stereocenters. The fraction of sp³-hybridized carbons (Fsp3) is 0.545. The minimum atomic E-state index is -0.520. The summed E-state index contributed by atoms with van der Waals surface area (Å²) in [5.74, 6) is -0.0541. The minimum Gasteiger partial charge on any atom is -0.370 e. The number of methoxy groups -OCH3 is 1. The Labute approximate surface area is 100 Å². The molecule has 0 saturated carbocycles. The van der Waals surface area contributed by atoms with Crippen molar-refractivity contribution >= 4 is 17.2 Å². The fourth-order valence-electron chi connectivity index (χ4n) is 1.39. The molecular formula is C11H18N2O2S. The van der Waals surface area contributed by atoms with Crippen LogP contribution in [-0.2, 0) is 16.0 Å². The highest BCUT2D eigenvalue weighted by Crippen LogP contribution is 2.09. The Balaban J connectivity index is 2.39. The summed E-state index contributed by atoms with van der Waals surface area (Å²) in [5.41, 5.74) is 5.44. The molecule has 0 aliphatic carbocycles. The average molecular weight is 242 g/mol. The third-order valence-corrected chi connectivity index (χ3v) is 3.36. The van der Waals surface area contributed by atoms with Crippen LogP contribution in [0.1, 0.15) is 4.88 Å². The van der Waals surface area contributed by atoms with Crippen LogP contribution in [0, 0.1) is 0 Å². The lowest BCUT2D eigenvalue weighted by atomic mass is 10.2. The van der Waals surface area contributed by atoms with Crippen molar-refractivity contribution in [2.24, 2.45) is 5.73 Å². The van der Waals surface area contributed by atoms with E-state index in [-0.39, 0.29) is 12.5 Å². The Hall–Kier alpha value is -0.910. The molecule has 4 nitrogen and oxygen atoms in total. The highest BCUT2D eigenvalue weighted by atomic mass is 32.1. The van der Waals surface area contributed by atoms with Gasteiger partial charge >= 0.3 is 0 Å². The number of likely N-dealkylation sites (N-methyl/N-ethyl adjacent to an activating group) is 1. The number of carbonyl (C=O) groups is 1. The summed E-state index contributed by atoms with van der Waals surface area (Å²) >= 11 is 1.70. The van der Waals surface area contributed by atoms with Gasteiger partial charge < -0.3 is 15.4 Å². The van der Waals surface area contributed by atoms with Crippen molar-refractivity contribution in [2.45, 2.75) is 12.5 Å². The molecule has 0 radical (unpaired) electrons. The molecule has 1 aromatic rings. The minimum absolute atomic E-state index is 0.0541. The lowest BCUT2D eigenvalue weighted by Gasteiger charge is -2.21. The van der Waals surface area contributed by atoms with Gasteiger partial charge in [0.2, 0.25) is 0 Å².